The van der Waals surface area contributed by atoms with E-state index in [9.17, 15) is 10.1 Å². The van der Waals surface area contributed by atoms with Crippen LogP contribution in [0, 0.1) is 11.3 Å². The van der Waals surface area contributed by atoms with Gasteiger partial charge in [-0.05, 0) is 17.7 Å². The Morgan fingerprint density at radius 3 is 2.45 bits per heavy atom. The maximum absolute atomic E-state index is 13.0. The first-order chi connectivity index (χ1) is 14.2. The Morgan fingerprint density at radius 1 is 1.00 bits per heavy atom. The Hall–Kier alpha value is -3.78. The highest BCUT2D eigenvalue weighted by molar-refractivity contribution is 6.30. The predicted octanol–water partition coefficient (Wildman–Crippen LogP) is 4.60. The van der Waals surface area contributed by atoms with Crippen molar-refractivity contribution in [2.24, 2.45) is 7.05 Å². The fourth-order valence-electron chi connectivity index (χ4n) is 5.13. The summed E-state index contributed by atoms with van der Waals surface area (Å²) in [6.07, 6.45) is 0.419. The number of aromatic nitrogens is 2. The fraction of sp³-hybridized carbons (Fsp3) is 0.167. The van der Waals surface area contributed by atoms with Crippen LogP contribution in [0.15, 0.2) is 48.5 Å². The molecule has 5 aromatic rings. The Morgan fingerprint density at radius 2 is 1.69 bits per heavy atom. The molecule has 140 valence electrons. The van der Waals surface area contributed by atoms with E-state index in [0.29, 0.717) is 19.5 Å². The number of hydrogen-bond donors (Lipinski definition) is 1. The summed E-state index contributed by atoms with van der Waals surface area (Å²) in [6, 6.07) is 18.8. The van der Waals surface area contributed by atoms with Crippen molar-refractivity contribution in [2.75, 3.05) is 0 Å². The lowest BCUT2D eigenvalue weighted by Gasteiger charge is -2.10. The van der Waals surface area contributed by atoms with E-state index in [4.69, 9.17) is 0 Å². The van der Waals surface area contributed by atoms with Crippen LogP contribution < -0.4 is 5.32 Å². The Bertz CT molecular complexity index is 1540. The molecule has 1 N–H and O–H groups in total. The number of nitriles is 1. The molecule has 1 aliphatic heterocycles. The minimum absolute atomic E-state index is 0.0111. The molecule has 0 fully saturated rings. The number of amides is 1. The van der Waals surface area contributed by atoms with Gasteiger partial charge in [-0.2, -0.15) is 5.26 Å². The molecular weight excluding hydrogens is 360 g/mol. The smallest absolute Gasteiger partial charge is 0.252 e. The summed E-state index contributed by atoms with van der Waals surface area (Å²) in [6.45, 7) is 1.14. The van der Waals surface area contributed by atoms with Gasteiger partial charge in [0.1, 0.15) is 0 Å². The normalized spacial score (nSPS) is 13.4. The fourth-order valence-corrected chi connectivity index (χ4v) is 5.13. The molecular formula is C24H18N4O. The van der Waals surface area contributed by atoms with E-state index in [0.717, 1.165) is 54.7 Å². The van der Waals surface area contributed by atoms with Crippen LogP contribution in [0.5, 0.6) is 0 Å². The summed E-state index contributed by atoms with van der Waals surface area (Å²) < 4.78 is 4.46. The molecule has 2 aromatic heterocycles. The van der Waals surface area contributed by atoms with Gasteiger partial charge in [-0.15, -0.1) is 0 Å². The Kier molecular flexibility index (Phi) is 3.14. The number of nitrogens with zero attached hydrogens (tertiary/aromatic N) is 3. The number of rotatable bonds is 2. The van der Waals surface area contributed by atoms with Crippen LogP contribution in [0.4, 0.5) is 0 Å². The van der Waals surface area contributed by atoms with Gasteiger partial charge in [0.05, 0.1) is 29.1 Å². The summed E-state index contributed by atoms with van der Waals surface area (Å²) in [7, 11) is 2.09. The molecule has 1 amide bonds. The number of para-hydroxylation sites is 2. The number of nitrogens with one attached hydrogen (secondary N) is 1. The van der Waals surface area contributed by atoms with E-state index in [1.165, 1.54) is 0 Å². The summed E-state index contributed by atoms with van der Waals surface area (Å²) >= 11 is 0. The highest BCUT2D eigenvalue weighted by Crippen LogP contribution is 2.44. The lowest BCUT2D eigenvalue weighted by molar-refractivity contribution is 0.0967. The van der Waals surface area contributed by atoms with Crippen molar-refractivity contribution in [1.82, 2.24) is 14.5 Å². The SMILES string of the molecule is Cn1c2ccccc2c2c3c(c4c5ccccc5n(CCC#N)c4c21)C(=O)NC3. The Balaban J connectivity index is 1.99. The zero-order valence-electron chi connectivity index (χ0n) is 16.0. The molecule has 0 saturated heterocycles. The summed E-state index contributed by atoms with van der Waals surface area (Å²) in [5.41, 5.74) is 6.26. The van der Waals surface area contributed by atoms with Gasteiger partial charge in [-0.1, -0.05) is 36.4 Å². The second kappa shape index (κ2) is 5.62. The quantitative estimate of drug-likeness (QED) is 0.488. The van der Waals surface area contributed by atoms with Gasteiger partial charge >= 0.3 is 0 Å². The standard InChI is InChI=1S/C24H18N4O/c1-27-17-9-4-2-7-14(17)19-16-13-26-24(29)21(16)20-15-8-3-5-10-18(15)28(12-6-11-25)23(20)22(19)27/h2-5,7-10H,6,12-13H2,1H3,(H,26,29). The first-order valence-electron chi connectivity index (χ1n) is 9.80. The number of benzene rings is 3. The van der Waals surface area contributed by atoms with Crippen molar-refractivity contribution in [1.29, 1.82) is 5.26 Å². The molecule has 0 saturated carbocycles. The predicted molar refractivity (Wildman–Crippen MR) is 115 cm³/mol. The molecule has 29 heavy (non-hydrogen) atoms. The molecule has 0 aliphatic carbocycles. The summed E-state index contributed by atoms with van der Waals surface area (Å²) in [5, 5.41) is 16.7. The van der Waals surface area contributed by atoms with Crippen molar-refractivity contribution < 1.29 is 4.79 Å². The highest BCUT2D eigenvalue weighted by Gasteiger charge is 2.31. The lowest BCUT2D eigenvalue weighted by Crippen LogP contribution is -2.12. The van der Waals surface area contributed by atoms with Gasteiger partial charge in [-0.25, -0.2) is 0 Å². The maximum Gasteiger partial charge on any atom is 0.252 e. The molecule has 3 heterocycles. The molecule has 3 aromatic carbocycles. The van der Waals surface area contributed by atoms with Crippen LogP contribution in [0.25, 0.3) is 43.6 Å². The highest BCUT2D eigenvalue weighted by atomic mass is 16.1. The van der Waals surface area contributed by atoms with Gasteiger partial charge in [0.25, 0.3) is 5.91 Å². The topological polar surface area (TPSA) is 62.8 Å². The average Bonchev–Trinajstić information content (AvgIpc) is 3.38. The number of carbonyl (C=O) groups is 1. The van der Waals surface area contributed by atoms with Gasteiger partial charge in [-0.3, -0.25) is 4.79 Å². The molecule has 0 bridgehead atoms. The van der Waals surface area contributed by atoms with Crippen molar-refractivity contribution in [3.8, 4) is 6.07 Å². The third-order valence-electron chi connectivity index (χ3n) is 6.26. The Labute approximate surface area is 166 Å². The van der Waals surface area contributed by atoms with Crippen molar-refractivity contribution in [3.63, 3.8) is 0 Å². The van der Waals surface area contributed by atoms with E-state index in [-0.39, 0.29) is 5.91 Å². The summed E-state index contributed by atoms with van der Waals surface area (Å²) in [5.74, 6) is -0.0111. The van der Waals surface area contributed by atoms with Crippen molar-refractivity contribution >= 4 is 49.5 Å². The van der Waals surface area contributed by atoms with Gasteiger partial charge in [0, 0.05) is 52.7 Å². The molecule has 0 radical (unpaired) electrons. The molecule has 5 heteroatoms. The largest absolute Gasteiger partial charge is 0.348 e. The van der Waals surface area contributed by atoms with E-state index < -0.39 is 0 Å². The van der Waals surface area contributed by atoms with Crippen LogP contribution in [-0.4, -0.2) is 15.0 Å². The second-order valence-electron chi connectivity index (χ2n) is 7.64. The molecule has 6 rings (SSSR count). The van der Waals surface area contributed by atoms with Crippen LogP contribution >= 0.6 is 0 Å². The van der Waals surface area contributed by atoms with Gasteiger partial charge in [0.2, 0.25) is 0 Å². The molecule has 5 nitrogen and oxygen atoms in total. The van der Waals surface area contributed by atoms with E-state index in [1.807, 2.05) is 24.3 Å². The van der Waals surface area contributed by atoms with Crippen molar-refractivity contribution in [2.45, 2.75) is 19.5 Å². The first kappa shape index (κ1) is 16.2. The molecule has 0 unspecified atom stereocenters. The third-order valence-corrected chi connectivity index (χ3v) is 6.26. The third kappa shape index (κ3) is 1.91. The van der Waals surface area contributed by atoms with Crippen LogP contribution in [0.1, 0.15) is 22.3 Å². The average molecular weight is 378 g/mol. The number of aryl methyl sites for hydroxylation is 2. The summed E-state index contributed by atoms with van der Waals surface area (Å²) in [4.78, 5) is 13.0. The van der Waals surface area contributed by atoms with E-state index >= 15 is 0 Å². The van der Waals surface area contributed by atoms with Crippen LogP contribution in [-0.2, 0) is 20.1 Å². The van der Waals surface area contributed by atoms with E-state index in [2.05, 4.69) is 51.8 Å². The minimum Gasteiger partial charge on any atom is -0.348 e. The first-order valence-corrected chi connectivity index (χ1v) is 9.80. The molecule has 0 atom stereocenters. The maximum atomic E-state index is 13.0. The van der Waals surface area contributed by atoms with Gasteiger partial charge < -0.3 is 14.5 Å². The van der Waals surface area contributed by atoms with Crippen molar-refractivity contribution in [3.05, 3.63) is 59.7 Å². The minimum atomic E-state index is -0.0111. The lowest BCUT2D eigenvalue weighted by atomic mass is 9.97. The van der Waals surface area contributed by atoms with Crippen LogP contribution in [0.3, 0.4) is 0 Å². The van der Waals surface area contributed by atoms with Gasteiger partial charge in [0.15, 0.2) is 0 Å². The second-order valence-corrected chi connectivity index (χ2v) is 7.64. The number of carbonyl (C=O) groups excluding carboxylic acids is 1. The number of hydrogen-bond acceptors (Lipinski definition) is 2. The van der Waals surface area contributed by atoms with E-state index in [1.54, 1.807) is 0 Å². The molecule has 0 spiro atoms. The zero-order valence-corrected chi connectivity index (χ0v) is 16.0. The number of fused-ring (bicyclic) bond motifs is 10. The van der Waals surface area contributed by atoms with Crippen LogP contribution in [0.2, 0.25) is 0 Å². The molecule has 1 aliphatic rings. The zero-order chi connectivity index (χ0) is 19.7. The monoisotopic (exact) mass is 378 g/mol.